The van der Waals surface area contributed by atoms with Crippen molar-refractivity contribution in [2.24, 2.45) is 5.92 Å². The molecule has 0 bridgehead atoms. The number of nitrogens with zero attached hydrogens (tertiary/aromatic N) is 3. The van der Waals surface area contributed by atoms with E-state index in [2.05, 4.69) is 11.4 Å². The zero-order valence-corrected chi connectivity index (χ0v) is 18.1. The van der Waals surface area contributed by atoms with Crippen LogP contribution >= 0.6 is 11.6 Å². The highest BCUT2D eigenvalue weighted by Gasteiger charge is 2.39. The van der Waals surface area contributed by atoms with Crippen molar-refractivity contribution in [1.29, 1.82) is 5.26 Å². The summed E-state index contributed by atoms with van der Waals surface area (Å²) in [6.07, 6.45) is 5.82. The summed E-state index contributed by atoms with van der Waals surface area (Å²) in [5, 5.41) is 22.8. The van der Waals surface area contributed by atoms with E-state index in [1.807, 2.05) is 4.90 Å². The molecule has 2 N–H and O–H groups in total. The highest BCUT2D eigenvalue weighted by atomic mass is 35.5. The molecule has 2 amide bonds. The van der Waals surface area contributed by atoms with E-state index in [1.165, 1.54) is 12.1 Å². The zero-order valence-electron chi connectivity index (χ0n) is 17.4. The van der Waals surface area contributed by atoms with Gasteiger partial charge in [0.2, 0.25) is 11.8 Å². The summed E-state index contributed by atoms with van der Waals surface area (Å²) in [5.41, 5.74) is -0.368. The Balaban J connectivity index is 1.50. The second kappa shape index (κ2) is 9.67. The number of hydrogen-bond acceptors (Lipinski definition) is 5. The molecule has 2 fully saturated rings. The third-order valence-corrected chi connectivity index (χ3v) is 6.67. The number of hydrogen-bond donors (Lipinski definition) is 2. The maximum absolute atomic E-state index is 12.8. The highest BCUT2D eigenvalue weighted by Crippen LogP contribution is 2.33. The predicted molar refractivity (Wildman–Crippen MR) is 115 cm³/mol. The molecule has 0 radical (unpaired) electrons. The minimum atomic E-state index is -0.674. The molecule has 0 unspecified atom stereocenters. The number of nitrogens with one attached hydrogen (secondary N) is 1. The lowest BCUT2D eigenvalue weighted by atomic mass is 9.81. The van der Waals surface area contributed by atoms with Crippen LogP contribution in [-0.2, 0) is 9.59 Å². The van der Waals surface area contributed by atoms with E-state index < -0.39 is 5.54 Å². The molecule has 0 atom stereocenters. The van der Waals surface area contributed by atoms with Crippen LogP contribution in [-0.4, -0.2) is 58.9 Å². The van der Waals surface area contributed by atoms with Crippen molar-refractivity contribution in [3.63, 3.8) is 0 Å². The Bertz CT molecular complexity index is 824. The number of nitriles is 1. The first-order valence-electron chi connectivity index (χ1n) is 10.5. The topological polar surface area (TPSA) is 96.7 Å². The molecule has 30 heavy (non-hydrogen) atoms. The highest BCUT2D eigenvalue weighted by molar-refractivity contribution is 6.31. The SMILES string of the molecule is CN(C(=O)CN1CCC(C(=O)Nc2cc(Cl)ccc2O)CC1)C1(C#N)CCCCC1. The Morgan fingerprint density at radius 3 is 2.60 bits per heavy atom. The Labute approximate surface area is 182 Å². The normalized spacial score (nSPS) is 19.6. The molecule has 3 rings (SSSR count). The molecule has 7 nitrogen and oxygen atoms in total. The van der Waals surface area contributed by atoms with E-state index >= 15 is 0 Å². The summed E-state index contributed by atoms with van der Waals surface area (Å²) in [4.78, 5) is 29.1. The van der Waals surface area contributed by atoms with Crippen LogP contribution < -0.4 is 5.32 Å². The summed E-state index contributed by atoms with van der Waals surface area (Å²) >= 11 is 5.93. The summed E-state index contributed by atoms with van der Waals surface area (Å²) in [6, 6.07) is 6.92. The molecule has 0 spiro atoms. The van der Waals surface area contributed by atoms with Crippen molar-refractivity contribution in [3.05, 3.63) is 23.2 Å². The average Bonchev–Trinajstić information content (AvgIpc) is 2.76. The van der Waals surface area contributed by atoms with Crippen LogP contribution in [0, 0.1) is 17.2 Å². The maximum Gasteiger partial charge on any atom is 0.237 e. The quantitative estimate of drug-likeness (QED) is 0.695. The number of carbonyl (C=O) groups is 2. The van der Waals surface area contributed by atoms with Crippen molar-refractivity contribution >= 4 is 29.1 Å². The molecule has 1 aromatic carbocycles. The number of phenolic OH excluding ortho intramolecular Hbond substituents is 1. The van der Waals surface area contributed by atoms with E-state index in [0.717, 1.165) is 32.1 Å². The molecule has 2 aliphatic rings. The average molecular weight is 433 g/mol. The van der Waals surface area contributed by atoms with Gasteiger partial charge in [0.05, 0.1) is 18.3 Å². The number of piperidine rings is 1. The van der Waals surface area contributed by atoms with Crippen LogP contribution in [0.25, 0.3) is 0 Å². The van der Waals surface area contributed by atoms with Gasteiger partial charge in [0.1, 0.15) is 11.3 Å². The third-order valence-electron chi connectivity index (χ3n) is 6.44. The number of rotatable bonds is 5. The van der Waals surface area contributed by atoms with Gasteiger partial charge >= 0.3 is 0 Å². The van der Waals surface area contributed by atoms with Gasteiger partial charge in [0.15, 0.2) is 0 Å². The van der Waals surface area contributed by atoms with Crippen molar-refractivity contribution in [1.82, 2.24) is 9.80 Å². The minimum absolute atomic E-state index is 0.0204. The van der Waals surface area contributed by atoms with Gasteiger partial charge in [-0.2, -0.15) is 5.26 Å². The first-order valence-corrected chi connectivity index (χ1v) is 10.9. The Hall–Kier alpha value is -2.30. The van der Waals surface area contributed by atoms with Crippen molar-refractivity contribution in [2.75, 3.05) is 32.0 Å². The summed E-state index contributed by atoms with van der Waals surface area (Å²) < 4.78 is 0. The Kier molecular flexibility index (Phi) is 7.22. The number of benzene rings is 1. The van der Waals surface area contributed by atoms with Gasteiger partial charge in [-0.1, -0.05) is 30.9 Å². The van der Waals surface area contributed by atoms with Crippen molar-refractivity contribution in [2.45, 2.75) is 50.5 Å². The number of likely N-dealkylation sites (tertiary alicyclic amines) is 1. The monoisotopic (exact) mass is 432 g/mol. The summed E-state index contributed by atoms with van der Waals surface area (Å²) in [6.45, 7) is 1.54. The second-order valence-electron chi connectivity index (χ2n) is 8.36. The molecule has 1 heterocycles. The van der Waals surface area contributed by atoms with Crippen LogP contribution in [0.5, 0.6) is 5.75 Å². The number of phenols is 1. The fourth-order valence-electron chi connectivity index (χ4n) is 4.39. The Morgan fingerprint density at radius 1 is 1.30 bits per heavy atom. The largest absolute Gasteiger partial charge is 0.506 e. The van der Waals surface area contributed by atoms with Crippen LogP contribution in [0.1, 0.15) is 44.9 Å². The number of carbonyl (C=O) groups excluding carboxylic acids is 2. The molecule has 1 saturated heterocycles. The van der Waals surface area contributed by atoms with Crippen molar-refractivity contribution in [3.8, 4) is 11.8 Å². The van der Waals surface area contributed by atoms with E-state index in [0.29, 0.717) is 36.6 Å². The molecule has 1 saturated carbocycles. The lowest BCUT2D eigenvalue weighted by molar-refractivity contribution is -0.136. The van der Waals surface area contributed by atoms with Crippen LogP contribution in [0.15, 0.2) is 18.2 Å². The lowest BCUT2D eigenvalue weighted by Gasteiger charge is -2.40. The van der Waals surface area contributed by atoms with Gasteiger partial charge in [0, 0.05) is 18.0 Å². The molecule has 0 aromatic heterocycles. The third kappa shape index (κ3) is 5.05. The molecule has 162 valence electrons. The van der Waals surface area contributed by atoms with Crippen LogP contribution in [0.4, 0.5) is 5.69 Å². The fourth-order valence-corrected chi connectivity index (χ4v) is 4.56. The van der Waals surface area contributed by atoms with Gasteiger partial charge in [-0.25, -0.2) is 0 Å². The van der Waals surface area contributed by atoms with Gasteiger partial charge in [-0.05, 0) is 57.0 Å². The Morgan fingerprint density at radius 2 is 1.97 bits per heavy atom. The van der Waals surface area contributed by atoms with Gasteiger partial charge in [0.25, 0.3) is 0 Å². The smallest absolute Gasteiger partial charge is 0.237 e. The molecular weight excluding hydrogens is 404 g/mol. The number of halogens is 1. The first kappa shape index (κ1) is 22.4. The van der Waals surface area contributed by atoms with E-state index in [4.69, 9.17) is 11.6 Å². The van der Waals surface area contributed by atoms with E-state index in [9.17, 15) is 20.0 Å². The fraction of sp³-hybridized carbons (Fsp3) is 0.591. The number of amides is 2. The summed E-state index contributed by atoms with van der Waals surface area (Å²) in [7, 11) is 1.74. The van der Waals surface area contributed by atoms with Gasteiger partial charge in [-0.15, -0.1) is 0 Å². The first-order chi connectivity index (χ1) is 14.3. The van der Waals surface area contributed by atoms with E-state index in [1.54, 1.807) is 18.0 Å². The van der Waals surface area contributed by atoms with Crippen LogP contribution in [0.2, 0.25) is 5.02 Å². The maximum atomic E-state index is 12.8. The van der Waals surface area contributed by atoms with Crippen LogP contribution in [0.3, 0.4) is 0 Å². The second-order valence-corrected chi connectivity index (χ2v) is 8.79. The summed E-state index contributed by atoms with van der Waals surface area (Å²) in [5.74, 6) is -0.393. The standard InChI is InChI=1S/C22H29ClN4O3/c1-26(22(15-24)9-3-2-4-10-22)20(29)14-27-11-7-16(8-12-27)21(30)25-18-13-17(23)5-6-19(18)28/h5-6,13,16,28H,2-4,7-12,14H2,1H3,(H,25,30). The molecule has 1 aliphatic heterocycles. The molecular formula is C22H29ClN4O3. The minimum Gasteiger partial charge on any atom is -0.506 e. The van der Waals surface area contributed by atoms with E-state index in [-0.39, 0.29) is 30.0 Å². The van der Waals surface area contributed by atoms with Crippen molar-refractivity contribution < 1.29 is 14.7 Å². The predicted octanol–water partition coefficient (Wildman–Crippen LogP) is 3.38. The lowest BCUT2D eigenvalue weighted by Crippen LogP contribution is -2.53. The molecule has 1 aromatic rings. The number of anilines is 1. The molecule has 8 heteroatoms. The van der Waals surface area contributed by atoms with Gasteiger partial charge in [-0.3, -0.25) is 14.5 Å². The van der Waals surface area contributed by atoms with Gasteiger partial charge < -0.3 is 15.3 Å². The number of likely N-dealkylation sites (N-methyl/N-ethyl adjacent to an activating group) is 1. The number of aromatic hydroxyl groups is 1. The molecule has 1 aliphatic carbocycles. The zero-order chi connectivity index (χ0) is 21.7.